The first kappa shape index (κ1) is 20.7. The molecular formula is C22H18BrN3O2S. The van der Waals surface area contributed by atoms with E-state index in [-0.39, 0.29) is 16.9 Å². The van der Waals surface area contributed by atoms with Gasteiger partial charge in [0.15, 0.2) is 5.11 Å². The molecule has 5 nitrogen and oxygen atoms in total. The zero-order valence-corrected chi connectivity index (χ0v) is 17.9. The summed E-state index contributed by atoms with van der Waals surface area (Å²) in [5.41, 5.74) is 9.05. The molecule has 0 radical (unpaired) electrons. The van der Waals surface area contributed by atoms with Gasteiger partial charge in [-0.1, -0.05) is 64.5 Å². The van der Waals surface area contributed by atoms with Gasteiger partial charge >= 0.3 is 0 Å². The second kappa shape index (κ2) is 9.45. The van der Waals surface area contributed by atoms with Crippen LogP contribution in [0.15, 0.2) is 77.3 Å². The van der Waals surface area contributed by atoms with Crippen LogP contribution in [0.5, 0.6) is 0 Å². The van der Waals surface area contributed by atoms with E-state index in [1.165, 1.54) is 0 Å². The Morgan fingerprint density at radius 3 is 2.07 bits per heavy atom. The van der Waals surface area contributed by atoms with Gasteiger partial charge in [-0.25, -0.2) is 0 Å². The average molecular weight is 468 g/mol. The van der Waals surface area contributed by atoms with Gasteiger partial charge in [-0.15, -0.1) is 0 Å². The Bertz CT molecular complexity index is 1050. The molecular weight excluding hydrogens is 450 g/mol. The van der Waals surface area contributed by atoms with E-state index in [0.29, 0.717) is 11.1 Å². The van der Waals surface area contributed by atoms with Crippen molar-refractivity contribution in [2.24, 2.45) is 0 Å². The third kappa shape index (κ3) is 5.49. The maximum Gasteiger partial charge on any atom is 0.269 e. The lowest BCUT2D eigenvalue weighted by molar-refractivity contribution is 0.0934. The summed E-state index contributed by atoms with van der Waals surface area (Å²) in [5.74, 6) is -0.732. The minimum absolute atomic E-state index is 0.000883. The molecule has 2 amide bonds. The van der Waals surface area contributed by atoms with Crippen LogP contribution < -0.4 is 16.2 Å². The summed E-state index contributed by atoms with van der Waals surface area (Å²) in [6.07, 6.45) is 0. The lowest BCUT2D eigenvalue weighted by atomic mass is 10.0. The summed E-state index contributed by atoms with van der Waals surface area (Å²) in [6.45, 7) is 1.93. The molecule has 0 fully saturated rings. The zero-order valence-electron chi connectivity index (χ0n) is 15.5. The van der Waals surface area contributed by atoms with Crippen LogP contribution in [-0.4, -0.2) is 16.9 Å². The molecule has 0 aliphatic carbocycles. The number of nitrogens with one attached hydrogen (secondary N) is 3. The fourth-order valence-corrected chi connectivity index (χ4v) is 3.09. The number of carbonyl (C=O) groups excluding carboxylic acids is 2. The van der Waals surface area contributed by atoms with E-state index in [2.05, 4.69) is 32.1 Å². The highest BCUT2D eigenvalue weighted by Gasteiger charge is 2.11. The fourth-order valence-electron chi connectivity index (χ4n) is 2.57. The number of carbonyl (C=O) groups is 2. The highest BCUT2D eigenvalue weighted by Crippen LogP contribution is 2.19. The van der Waals surface area contributed by atoms with Crippen LogP contribution >= 0.6 is 28.1 Å². The number of hydrogen-bond donors (Lipinski definition) is 3. The summed E-state index contributed by atoms with van der Waals surface area (Å²) in [5, 5.41) is 2.53. The Morgan fingerprint density at radius 2 is 1.41 bits per heavy atom. The Balaban J connectivity index is 1.54. The smallest absolute Gasteiger partial charge is 0.269 e. The van der Waals surface area contributed by atoms with Gasteiger partial charge in [-0.3, -0.25) is 25.8 Å². The number of amides is 2. The van der Waals surface area contributed by atoms with Gasteiger partial charge in [-0.05, 0) is 60.1 Å². The largest absolute Gasteiger partial charge is 0.298 e. The molecule has 0 bridgehead atoms. The fraction of sp³-hybridized carbons (Fsp3) is 0.0455. The van der Waals surface area contributed by atoms with E-state index in [1.54, 1.807) is 24.3 Å². The van der Waals surface area contributed by atoms with Gasteiger partial charge in [0.05, 0.1) is 0 Å². The molecule has 3 aromatic rings. The zero-order chi connectivity index (χ0) is 20.8. The molecule has 0 spiro atoms. The summed E-state index contributed by atoms with van der Waals surface area (Å²) in [7, 11) is 0. The van der Waals surface area contributed by atoms with Crippen molar-refractivity contribution in [3.05, 3.63) is 94.0 Å². The summed E-state index contributed by atoms with van der Waals surface area (Å²) in [4.78, 5) is 24.5. The molecule has 0 saturated carbocycles. The lowest BCUT2D eigenvalue weighted by Gasteiger charge is -2.11. The van der Waals surface area contributed by atoms with E-state index < -0.39 is 0 Å². The highest BCUT2D eigenvalue weighted by atomic mass is 79.9. The SMILES string of the molecule is Cc1ccc(C(=O)NC(=S)NNC(=O)c2ccc(-c3ccccc3)cc2)cc1Br. The predicted octanol–water partition coefficient (Wildman–Crippen LogP) is 4.37. The van der Waals surface area contributed by atoms with Gasteiger partial charge < -0.3 is 0 Å². The Morgan fingerprint density at radius 1 is 0.793 bits per heavy atom. The third-order valence-electron chi connectivity index (χ3n) is 4.20. The number of thiocarbonyl (C=S) groups is 1. The van der Waals surface area contributed by atoms with Crippen LogP contribution in [0.3, 0.4) is 0 Å². The molecule has 0 aliphatic rings. The lowest BCUT2D eigenvalue weighted by Crippen LogP contribution is -2.48. The van der Waals surface area contributed by atoms with Crippen molar-refractivity contribution < 1.29 is 9.59 Å². The molecule has 3 rings (SSSR count). The molecule has 0 aliphatic heterocycles. The van der Waals surface area contributed by atoms with Crippen LogP contribution in [0.4, 0.5) is 0 Å². The summed E-state index contributed by atoms with van der Waals surface area (Å²) >= 11 is 8.46. The van der Waals surface area contributed by atoms with Gasteiger partial charge in [-0.2, -0.15) is 0 Å². The molecule has 0 unspecified atom stereocenters. The van der Waals surface area contributed by atoms with Crippen molar-refractivity contribution >= 4 is 45.1 Å². The van der Waals surface area contributed by atoms with E-state index in [0.717, 1.165) is 21.2 Å². The Hall–Kier alpha value is -3.03. The third-order valence-corrected chi connectivity index (χ3v) is 5.26. The van der Waals surface area contributed by atoms with Gasteiger partial charge in [0.25, 0.3) is 11.8 Å². The Labute approximate surface area is 182 Å². The molecule has 3 N–H and O–H groups in total. The molecule has 3 aromatic carbocycles. The van der Waals surface area contributed by atoms with Crippen molar-refractivity contribution in [3.8, 4) is 11.1 Å². The van der Waals surface area contributed by atoms with Crippen LogP contribution in [-0.2, 0) is 0 Å². The minimum Gasteiger partial charge on any atom is -0.298 e. The Kier molecular flexibility index (Phi) is 6.74. The van der Waals surface area contributed by atoms with Crippen LogP contribution in [0.25, 0.3) is 11.1 Å². The van der Waals surface area contributed by atoms with E-state index in [9.17, 15) is 9.59 Å². The van der Waals surface area contributed by atoms with E-state index in [1.807, 2.05) is 55.5 Å². The van der Waals surface area contributed by atoms with Crippen molar-refractivity contribution in [1.82, 2.24) is 16.2 Å². The van der Waals surface area contributed by atoms with Crippen molar-refractivity contribution in [1.29, 1.82) is 0 Å². The topological polar surface area (TPSA) is 70.2 Å². The molecule has 0 aromatic heterocycles. The minimum atomic E-state index is -0.371. The van der Waals surface area contributed by atoms with Crippen molar-refractivity contribution in [2.45, 2.75) is 6.92 Å². The standard InChI is InChI=1S/C22H18BrN3O2S/c1-14-7-8-18(13-19(14)23)20(27)24-22(29)26-25-21(28)17-11-9-16(10-12-17)15-5-3-2-4-6-15/h2-13H,1H3,(H,25,28)(H2,24,26,27,29). The molecule has 7 heteroatoms. The quantitative estimate of drug-likeness (QED) is 0.395. The second-order valence-electron chi connectivity index (χ2n) is 6.27. The first-order valence-corrected chi connectivity index (χ1v) is 9.97. The molecule has 0 atom stereocenters. The number of halogens is 1. The van der Waals surface area contributed by atoms with Crippen molar-refractivity contribution in [2.75, 3.05) is 0 Å². The summed E-state index contributed by atoms with van der Waals surface area (Å²) in [6, 6.07) is 22.3. The second-order valence-corrected chi connectivity index (χ2v) is 7.53. The maximum absolute atomic E-state index is 12.3. The maximum atomic E-state index is 12.3. The monoisotopic (exact) mass is 467 g/mol. The number of benzene rings is 3. The molecule has 29 heavy (non-hydrogen) atoms. The highest BCUT2D eigenvalue weighted by molar-refractivity contribution is 9.10. The number of hydrogen-bond acceptors (Lipinski definition) is 3. The van der Waals surface area contributed by atoms with E-state index in [4.69, 9.17) is 12.2 Å². The number of hydrazine groups is 1. The first-order valence-electron chi connectivity index (χ1n) is 8.77. The van der Waals surface area contributed by atoms with Crippen molar-refractivity contribution in [3.63, 3.8) is 0 Å². The van der Waals surface area contributed by atoms with E-state index >= 15 is 0 Å². The number of rotatable bonds is 3. The molecule has 146 valence electrons. The first-order chi connectivity index (χ1) is 13.9. The van der Waals surface area contributed by atoms with Crippen LogP contribution in [0, 0.1) is 6.92 Å². The van der Waals surface area contributed by atoms with Gasteiger partial charge in [0, 0.05) is 15.6 Å². The van der Waals surface area contributed by atoms with Crippen LogP contribution in [0.1, 0.15) is 26.3 Å². The van der Waals surface area contributed by atoms with Crippen LogP contribution in [0.2, 0.25) is 0 Å². The number of aryl methyl sites for hydroxylation is 1. The molecule has 0 saturated heterocycles. The average Bonchev–Trinajstić information content (AvgIpc) is 2.74. The van der Waals surface area contributed by atoms with Gasteiger partial charge in [0.1, 0.15) is 0 Å². The predicted molar refractivity (Wildman–Crippen MR) is 121 cm³/mol. The summed E-state index contributed by atoms with van der Waals surface area (Å²) < 4.78 is 0.830. The molecule has 0 heterocycles. The van der Waals surface area contributed by atoms with Gasteiger partial charge in [0.2, 0.25) is 0 Å². The normalized spacial score (nSPS) is 10.1.